The van der Waals surface area contributed by atoms with Gasteiger partial charge in [0.05, 0.1) is 11.4 Å². The molecule has 2 aliphatic rings. The summed E-state index contributed by atoms with van der Waals surface area (Å²) in [5, 5.41) is 18.2. The van der Waals surface area contributed by atoms with Gasteiger partial charge < -0.3 is 15.7 Å². The van der Waals surface area contributed by atoms with Gasteiger partial charge in [-0.05, 0) is 106 Å². The molecule has 0 radical (unpaired) electrons. The quantitative estimate of drug-likeness (QED) is 0.347. The number of aliphatic hydroxyl groups is 1. The van der Waals surface area contributed by atoms with Crippen LogP contribution in [0, 0.1) is 11.8 Å². The van der Waals surface area contributed by atoms with Gasteiger partial charge in [0.15, 0.2) is 5.60 Å². The van der Waals surface area contributed by atoms with Crippen molar-refractivity contribution in [2.45, 2.75) is 37.2 Å². The number of hydrogen-bond donors (Lipinski definition) is 3. The lowest BCUT2D eigenvalue weighted by atomic mass is 9.76. The Kier molecular flexibility index (Phi) is 9.38. The van der Waals surface area contributed by atoms with Crippen LogP contribution >= 0.6 is 0 Å². The van der Waals surface area contributed by atoms with Crippen LogP contribution in [0.1, 0.15) is 54.4 Å². The van der Waals surface area contributed by atoms with E-state index >= 15 is 0 Å². The number of piperidine rings is 2. The Hall–Kier alpha value is -3.52. The fourth-order valence-corrected chi connectivity index (χ4v) is 5.90. The average molecular weight is 523 g/mol. The summed E-state index contributed by atoms with van der Waals surface area (Å²) < 4.78 is 0. The van der Waals surface area contributed by atoms with Crippen molar-refractivity contribution in [3.8, 4) is 0 Å². The molecule has 39 heavy (non-hydrogen) atoms. The monoisotopic (exact) mass is 522 g/mol. The molecule has 2 aliphatic heterocycles. The van der Waals surface area contributed by atoms with Crippen molar-refractivity contribution in [3.63, 3.8) is 0 Å². The van der Waals surface area contributed by atoms with Gasteiger partial charge in [0.25, 0.3) is 0 Å². The lowest BCUT2D eigenvalue weighted by molar-refractivity contribution is -0.00516. The van der Waals surface area contributed by atoms with Gasteiger partial charge in [-0.1, -0.05) is 24.3 Å². The van der Waals surface area contributed by atoms with Gasteiger partial charge in [0, 0.05) is 48.0 Å². The third kappa shape index (κ3) is 6.56. The van der Waals surface area contributed by atoms with Crippen LogP contribution in [-0.4, -0.2) is 51.2 Å². The van der Waals surface area contributed by atoms with E-state index in [1.54, 1.807) is 12.4 Å². The molecule has 0 unspecified atom stereocenters. The molecule has 0 bridgehead atoms. The second-order valence-corrected chi connectivity index (χ2v) is 10.3. The van der Waals surface area contributed by atoms with Crippen molar-refractivity contribution < 1.29 is 5.11 Å². The molecule has 2 saturated heterocycles. The largest absolute Gasteiger partial charge is 0.377 e. The van der Waals surface area contributed by atoms with Crippen LogP contribution in [0.3, 0.4) is 0 Å². The SMILES string of the molecule is OC(c1ccccn1)(c1ccccn1)C1CCNCC1.c1ccc(C(c2ccccn2)C2CCNCC2)nc1. The molecule has 6 heterocycles. The zero-order chi connectivity index (χ0) is 26.8. The second-order valence-electron chi connectivity index (χ2n) is 10.3. The Bertz CT molecular complexity index is 1150. The molecule has 4 aromatic heterocycles. The predicted octanol–water partition coefficient (Wildman–Crippen LogP) is 4.32. The van der Waals surface area contributed by atoms with Crippen LogP contribution in [0.2, 0.25) is 0 Å². The number of rotatable bonds is 6. The van der Waals surface area contributed by atoms with Crippen molar-refractivity contribution in [1.29, 1.82) is 0 Å². The maximum atomic E-state index is 11.4. The minimum Gasteiger partial charge on any atom is -0.377 e. The number of nitrogens with one attached hydrogen (secondary N) is 2. The average Bonchev–Trinajstić information content (AvgIpc) is 3.04. The summed E-state index contributed by atoms with van der Waals surface area (Å²) in [5.41, 5.74) is 2.56. The molecule has 6 rings (SSSR count). The third-order valence-electron chi connectivity index (χ3n) is 7.91. The first kappa shape index (κ1) is 27.1. The topological polar surface area (TPSA) is 95.9 Å². The molecule has 0 atom stereocenters. The number of nitrogens with zero attached hydrogens (tertiary/aromatic N) is 4. The molecule has 7 heteroatoms. The summed E-state index contributed by atoms with van der Waals surface area (Å²) in [6.45, 7) is 4.04. The molecule has 0 amide bonds. The van der Waals surface area contributed by atoms with Crippen LogP contribution in [0.15, 0.2) is 97.6 Å². The molecule has 0 spiro atoms. The fraction of sp³-hybridized carbons (Fsp3) is 0.375. The first-order valence-electron chi connectivity index (χ1n) is 14.1. The summed E-state index contributed by atoms with van der Waals surface area (Å²) in [6.07, 6.45) is 11.4. The standard InChI is InChI=1S/C16H19N3O.C16H19N3/c20-16(13-7-11-17-12-8-13,14-5-1-3-9-18-14)15-6-2-4-10-19-15;1-3-9-18-14(5-1)16(13-7-11-17-12-8-13)15-6-2-4-10-19-15/h1-6,9-10,13,17,20H,7-8,11-12H2;1-6,9-10,13,16-17H,7-8,11-12H2. The van der Waals surface area contributed by atoms with Crippen LogP contribution in [0.5, 0.6) is 0 Å². The predicted molar refractivity (Wildman–Crippen MR) is 153 cm³/mol. The van der Waals surface area contributed by atoms with Crippen molar-refractivity contribution in [1.82, 2.24) is 30.6 Å². The van der Waals surface area contributed by atoms with Gasteiger partial charge in [-0.3, -0.25) is 19.9 Å². The third-order valence-corrected chi connectivity index (χ3v) is 7.91. The van der Waals surface area contributed by atoms with Gasteiger partial charge in [-0.15, -0.1) is 0 Å². The molecule has 2 fully saturated rings. The molecule has 7 nitrogen and oxygen atoms in total. The summed E-state index contributed by atoms with van der Waals surface area (Å²) in [4.78, 5) is 17.9. The molecule has 0 aliphatic carbocycles. The lowest BCUT2D eigenvalue weighted by Gasteiger charge is -2.37. The maximum absolute atomic E-state index is 11.4. The lowest BCUT2D eigenvalue weighted by Crippen LogP contribution is -2.43. The molecular formula is C32H38N6O. The summed E-state index contributed by atoms with van der Waals surface area (Å²) in [6, 6.07) is 23.7. The van der Waals surface area contributed by atoms with Crippen LogP contribution in [0.4, 0.5) is 0 Å². The Balaban J connectivity index is 0.000000158. The maximum Gasteiger partial charge on any atom is 0.151 e. The Morgan fingerprint density at radius 3 is 1.44 bits per heavy atom. The highest BCUT2D eigenvalue weighted by molar-refractivity contribution is 5.29. The van der Waals surface area contributed by atoms with Crippen molar-refractivity contribution >= 4 is 0 Å². The van der Waals surface area contributed by atoms with Crippen LogP contribution in [-0.2, 0) is 5.60 Å². The molecule has 3 N–H and O–H groups in total. The van der Waals surface area contributed by atoms with Gasteiger partial charge in [-0.2, -0.15) is 0 Å². The minimum atomic E-state index is -1.11. The normalized spacial score (nSPS) is 16.9. The molecule has 0 aromatic carbocycles. The smallest absolute Gasteiger partial charge is 0.151 e. The van der Waals surface area contributed by atoms with Crippen molar-refractivity contribution in [2.75, 3.05) is 26.2 Å². The van der Waals surface area contributed by atoms with E-state index in [0.717, 1.165) is 50.4 Å². The Morgan fingerprint density at radius 2 is 1.03 bits per heavy atom. The van der Waals surface area contributed by atoms with Crippen molar-refractivity contribution in [3.05, 3.63) is 120 Å². The highest BCUT2D eigenvalue weighted by atomic mass is 16.3. The molecule has 4 aromatic rings. The molecule has 202 valence electrons. The zero-order valence-electron chi connectivity index (χ0n) is 22.4. The van der Waals surface area contributed by atoms with Gasteiger partial charge in [-0.25, -0.2) is 0 Å². The molecule has 0 saturated carbocycles. The van der Waals surface area contributed by atoms with E-state index < -0.39 is 5.60 Å². The van der Waals surface area contributed by atoms with Crippen LogP contribution in [0.25, 0.3) is 0 Å². The van der Waals surface area contributed by atoms with E-state index in [1.807, 2.05) is 60.9 Å². The Morgan fingerprint density at radius 1 is 0.590 bits per heavy atom. The number of hydrogen-bond acceptors (Lipinski definition) is 7. The van der Waals surface area contributed by atoms with E-state index in [0.29, 0.717) is 23.2 Å². The zero-order valence-corrected chi connectivity index (χ0v) is 22.4. The van der Waals surface area contributed by atoms with E-state index in [4.69, 9.17) is 0 Å². The highest BCUT2D eigenvalue weighted by Gasteiger charge is 2.42. The number of pyridine rings is 4. The summed E-state index contributed by atoms with van der Waals surface area (Å²) in [5.74, 6) is 1.09. The summed E-state index contributed by atoms with van der Waals surface area (Å²) >= 11 is 0. The van der Waals surface area contributed by atoms with E-state index in [2.05, 4.69) is 54.8 Å². The number of aromatic nitrogens is 4. The Labute approximate surface area is 231 Å². The van der Waals surface area contributed by atoms with Crippen molar-refractivity contribution in [2.24, 2.45) is 11.8 Å². The molecular weight excluding hydrogens is 484 g/mol. The second kappa shape index (κ2) is 13.5. The van der Waals surface area contributed by atoms with Crippen LogP contribution < -0.4 is 10.6 Å². The summed E-state index contributed by atoms with van der Waals surface area (Å²) in [7, 11) is 0. The van der Waals surface area contributed by atoms with E-state index in [-0.39, 0.29) is 5.92 Å². The van der Waals surface area contributed by atoms with Gasteiger partial charge in [0.1, 0.15) is 0 Å². The first-order chi connectivity index (χ1) is 19.3. The highest BCUT2D eigenvalue weighted by Crippen LogP contribution is 2.39. The first-order valence-corrected chi connectivity index (χ1v) is 14.1. The van der Waals surface area contributed by atoms with E-state index in [1.165, 1.54) is 12.8 Å². The van der Waals surface area contributed by atoms with Gasteiger partial charge in [0.2, 0.25) is 0 Å². The minimum absolute atomic E-state index is 0.133. The van der Waals surface area contributed by atoms with Gasteiger partial charge >= 0.3 is 0 Å². The fourth-order valence-electron chi connectivity index (χ4n) is 5.90. The van der Waals surface area contributed by atoms with E-state index in [9.17, 15) is 5.11 Å².